The summed E-state index contributed by atoms with van der Waals surface area (Å²) in [6, 6.07) is 2.83. The van der Waals surface area contributed by atoms with Gasteiger partial charge >= 0.3 is 12.0 Å². The van der Waals surface area contributed by atoms with Gasteiger partial charge in [0.05, 0.1) is 12.2 Å². The van der Waals surface area contributed by atoms with Gasteiger partial charge in [0.15, 0.2) is 11.6 Å². The monoisotopic (exact) mass is 386 g/mol. The van der Waals surface area contributed by atoms with E-state index < -0.39 is 12.0 Å². The van der Waals surface area contributed by atoms with Crippen LogP contribution >= 0.6 is 15.9 Å². The van der Waals surface area contributed by atoms with Crippen LogP contribution in [0.1, 0.15) is 17.0 Å². The normalized spacial score (nSPS) is 16.3. The second kappa shape index (κ2) is 5.26. The lowest BCUT2D eigenvalue weighted by Gasteiger charge is -2.32. The van der Waals surface area contributed by atoms with Crippen LogP contribution in [-0.4, -0.2) is 26.8 Å². The first-order valence-electron chi connectivity index (χ1n) is 6.75. The van der Waals surface area contributed by atoms with Crippen LogP contribution in [0, 0.1) is 13.8 Å². The molecular weight excluding hydrogens is 374 g/mol. The highest BCUT2D eigenvalue weighted by Gasteiger charge is 2.51. The summed E-state index contributed by atoms with van der Waals surface area (Å²) in [7, 11) is 1.75. The van der Waals surface area contributed by atoms with E-state index in [0.717, 1.165) is 10.6 Å². The molecule has 0 saturated carbocycles. The fourth-order valence-electron chi connectivity index (χ4n) is 2.47. The van der Waals surface area contributed by atoms with Crippen molar-refractivity contribution in [3.05, 3.63) is 33.7 Å². The number of nitrogens with zero attached hydrogens (tertiary/aromatic N) is 4. The first-order valence-corrected chi connectivity index (χ1v) is 7.54. The fourth-order valence-corrected chi connectivity index (χ4v) is 2.77. The van der Waals surface area contributed by atoms with Gasteiger partial charge in [0.25, 0.3) is 0 Å². The number of ether oxygens (including phenoxy) is 1. The number of aromatic nitrogens is 3. The molecule has 1 aliphatic heterocycles. The maximum Gasteiger partial charge on any atom is 0.483 e. The van der Waals surface area contributed by atoms with Crippen LogP contribution in [0.15, 0.2) is 16.7 Å². The van der Waals surface area contributed by atoms with Crippen LogP contribution < -0.4 is 9.64 Å². The molecule has 0 unspecified atom stereocenters. The molecule has 6 nitrogen and oxygen atoms in total. The second-order valence-electron chi connectivity index (χ2n) is 5.24. The van der Waals surface area contributed by atoms with E-state index in [1.807, 2.05) is 6.92 Å². The van der Waals surface area contributed by atoms with Gasteiger partial charge in [0.2, 0.25) is 0 Å². The van der Waals surface area contributed by atoms with Gasteiger partial charge in [-0.05, 0) is 41.9 Å². The van der Waals surface area contributed by atoms with Crippen molar-refractivity contribution in [2.24, 2.45) is 7.05 Å². The van der Waals surface area contributed by atoms with Gasteiger partial charge in [-0.3, -0.25) is 14.4 Å². The smallest absolute Gasteiger partial charge is 0.421 e. The SMILES string of the molecule is Cc1nn(C)c(C)c1CN1C(=O)C(F)(F)Oc2ccc(Br)nc21. The summed E-state index contributed by atoms with van der Waals surface area (Å²) in [5, 5.41) is 4.24. The largest absolute Gasteiger partial charge is 0.483 e. The molecule has 0 radical (unpaired) electrons. The van der Waals surface area contributed by atoms with Crippen molar-refractivity contribution in [1.82, 2.24) is 14.8 Å². The van der Waals surface area contributed by atoms with Gasteiger partial charge in [0.1, 0.15) is 4.60 Å². The van der Waals surface area contributed by atoms with Gasteiger partial charge < -0.3 is 4.74 Å². The third-order valence-corrected chi connectivity index (χ3v) is 4.21. The maximum atomic E-state index is 13.9. The Labute approximate surface area is 139 Å². The van der Waals surface area contributed by atoms with E-state index in [2.05, 4.69) is 30.7 Å². The van der Waals surface area contributed by atoms with Crippen LogP contribution in [0.2, 0.25) is 0 Å². The average molecular weight is 387 g/mol. The van der Waals surface area contributed by atoms with Crippen molar-refractivity contribution >= 4 is 27.7 Å². The van der Waals surface area contributed by atoms with E-state index in [4.69, 9.17) is 0 Å². The van der Waals surface area contributed by atoms with Gasteiger partial charge in [0, 0.05) is 18.3 Å². The lowest BCUT2D eigenvalue weighted by molar-refractivity contribution is -0.193. The van der Waals surface area contributed by atoms with E-state index in [1.54, 1.807) is 18.7 Å². The number of carbonyl (C=O) groups excluding carboxylic acids is 1. The zero-order valence-corrected chi connectivity index (χ0v) is 14.2. The molecule has 2 aromatic heterocycles. The molecule has 0 aliphatic carbocycles. The molecule has 3 rings (SSSR count). The van der Waals surface area contributed by atoms with Gasteiger partial charge in [-0.15, -0.1) is 0 Å². The Hall–Kier alpha value is -2.03. The molecule has 1 aliphatic rings. The molecule has 0 spiro atoms. The number of fused-ring (bicyclic) bond motifs is 1. The molecule has 122 valence electrons. The van der Waals surface area contributed by atoms with Crippen LogP contribution in [0.3, 0.4) is 0 Å². The number of alkyl halides is 2. The summed E-state index contributed by atoms with van der Waals surface area (Å²) in [5.74, 6) is -1.53. The molecule has 2 aromatic rings. The zero-order valence-electron chi connectivity index (χ0n) is 12.6. The topological polar surface area (TPSA) is 60.2 Å². The molecule has 0 saturated heterocycles. The number of carbonyl (C=O) groups is 1. The highest BCUT2D eigenvalue weighted by Crippen LogP contribution is 2.39. The van der Waals surface area contributed by atoms with Crippen molar-refractivity contribution in [1.29, 1.82) is 0 Å². The summed E-state index contributed by atoms with van der Waals surface area (Å²) in [4.78, 5) is 17.2. The van der Waals surface area contributed by atoms with Crippen LogP contribution in [-0.2, 0) is 18.4 Å². The predicted octanol–water partition coefficient (Wildman–Crippen LogP) is 2.71. The molecule has 0 atom stereocenters. The molecule has 23 heavy (non-hydrogen) atoms. The van der Waals surface area contributed by atoms with Gasteiger partial charge in [-0.2, -0.15) is 13.9 Å². The van der Waals surface area contributed by atoms with E-state index >= 15 is 0 Å². The lowest BCUT2D eigenvalue weighted by atomic mass is 10.1. The van der Waals surface area contributed by atoms with E-state index in [9.17, 15) is 13.6 Å². The highest BCUT2D eigenvalue weighted by atomic mass is 79.9. The first-order chi connectivity index (χ1) is 10.7. The fraction of sp³-hybridized carbons (Fsp3) is 0.357. The predicted molar refractivity (Wildman–Crippen MR) is 81.4 cm³/mol. The first kappa shape index (κ1) is 15.9. The number of aryl methyl sites for hydroxylation is 2. The Morgan fingerprint density at radius 2 is 2.04 bits per heavy atom. The Balaban J connectivity index is 2.10. The molecule has 1 amide bonds. The third kappa shape index (κ3) is 2.58. The molecule has 0 fully saturated rings. The minimum atomic E-state index is -3.92. The van der Waals surface area contributed by atoms with E-state index in [0.29, 0.717) is 15.9 Å². The number of amides is 1. The second-order valence-corrected chi connectivity index (χ2v) is 6.05. The molecule has 0 bridgehead atoms. The summed E-state index contributed by atoms with van der Waals surface area (Å²) < 4.78 is 34.3. The highest BCUT2D eigenvalue weighted by molar-refractivity contribution is 9.10. The van der Waals surface area contributed by atoms with Crippen LogP contribution in [0.5, 0.6) is 5.75 Å². The molecule has 3 heterocycles. The number of hydrogen-bond acceptors (Lipinski definition) is 4. The summed E-state index contributed by atoms with van der Waals surface area (Å²) >= 11 is 3.18. The van der Waals surface area contributed by atoms with Crippen molar-refractivity contribution in [2.45, 2.75) is 26.5 Å². The standard InChI is InChI=1S/C14H13BrF2N4O2/c1-7-9(8(2)20(3)19-7)6-21-12-10(4-5-11(15)18-12)23-14(16,17)13(21)22/h4-5H,6H2,1-3H3. The number of hydrogen-bond donors (Lipinski definition) is 0. The van der Waals surface area contributed by atoms with Crippen molar-refractivity contribution in [2.75, 3.05) is 4.90 Å². The average Bonchev–Trinajstić information content (AvgIpc) is 2.70. The summed E-state index contributed by atoms with van der Waals surface area (Å²) in [6.45, 7) is 3.52. The van der Waals surface area contributed by atoms with Crippen LogP contribution in [0.4, 0.5) is 14.6 Å². The number of anilines is 1. The third-order valence-electron chi connectivity index (χ3n) is 3.77. The minimum absolute atomic E-state index is 0.0537. The van der Waals surface area contributed by atoms with Crippen molar-refractivity contribution < 1.29 is 18.3 Å². The number of rotatable bonds is 2. The number of pyridine rings is 1. The molecule has 0 aromatic carbocycles. The molecule has 9 heteroatoms. The quantitative estimate of drug-likeness (QED) is 0.744. The van der Waals surface area contributed by atoms with Crippen molar-refractivity contribution in [3.8, 4) is 5.75 Å². The van der Waals surface area contributed by atoms with Gasteiger partial charge in [-0.25, -0.2) is 4.98 Å². The van der Waals surface area contributed by atoms with Crippen LogP contribution in [0.25, 0.3) is 0 Å². The van der Waals surface area contributed by atoms with Gasteiger partial charge in [-0.1, -0.05) is 0 Å². The maximum absolute atomic E-state index is 13.9. The van der Waals surface area contributed by atoms with E-state index in [-0.39, 0.29) is 18.1 Å². The van der Waals surface area contributed by atoms with E-state index in [1.165, 1.54) is 12.1 Å². The number of halogens is 3. The summed E-state index contributed by atoms with van der Waals surface area (Å²) in [5.41, 5.74) is 2.16. The summed E-state index contributed by atoms with van der Waals surface area (Å²) in [6.07, 6.45) is -3.92. The minimum Gasteiger partial charge on any atom is -0.421 e. The molecule has 0 N–H and O–H groups in total. The lowest BCUT2D eigenvalue weighted by Crippen LogP contribution is -2.50. The Kier molecular flexibility index (Phi) is 3.62. The molecular formula is C14H13BrF2N4O2. The Morgan fingerprint density at radius 3 is 2.65 bits per heavy atom. The van der Waals surface area contributed by atoms with Crippen molar-refractivity contribution in [3.63, 3.8) is 0 Å². The Bertz CT molecular complexity index is 806. The zero-order chi connectivity index (χ0) is 16.9. The Morgan fingerprint density at radius 1 is 1.35 bits per heavy atom.